The second-order valence-corrected chi connectivity index (χ2v) is 7.10. The highest BCUT2D eigenvalue weighted by atomic mass is 79.9. The van der Waals surface area contributed by atoms with E-state index in [1.165, 1.54) is 6.07 Å². The van der Waals surface area contributed by atoms with Gasteiger partial charge < -0.3 is 4.98 Å². The molecule has 0 aliphatic rings. The highest BCUT2D eigenvalue weighted by Crippen LogP contribution is 2.36. The Bertz CT molecular complexity index is 1040. The van der Waals surface area contributed by atoms with Gasteiger partial charge in [0.25, 0.3) is 0 Å². The van der Waals surface area contributed by atoms with Gasteiger partial charge in [0, 0.05) is 15.6 Å². The highest BCUT2D eigenvalue weighted by Gasteiger charge is 2.19. The van der Waals surface area contributed by atoms with E-state index in [9.17, 15) is 4.39 Å². The average Bonchev–Trinajstić information content (AvgIpc) is 3.08. The van der Waals surface area contributed by atoms with Gasteiger partial charge >= 0.3 is 0 Å². The van der Waals surface area contributed by atoms with E-state index in [1.807, 2.05) is 54.6 Å². The van der Waals surface area contributed by atoms with Crippen molar-refractivity contribution in [2.24, 2.45) is 0 Å². The van der Waals surface area contributed by atoms with Gasteiger partial charge in [0.05, 0.1) is 22.0 Å². The van der Waals surface area contributed by atoms with Crippen LogP contribution in [0, 0.1) is 5.82 Å². The normalized spacial score (nSPS) is 10.9. The Morgan fingerprint density at radius 3 is 2.27 bits per heavy atom. The highest BCUT2D eigenvalue weighted by molar-refractivity contribution is 9.10. The molecular weight excluding hydrogens is 415 g/mol. The number of rotatable bonds is 3. The number of nitrogens with one attached hydrogen (secondary N) is 1. The molecule has 4 aromatic rings. The van der Waals surface area contributed by atoms with Crippen LogP contribution in [0.3, 0.4) is 0 Å². The van der Waals surface area contributed by atoms with E-state index < -0.39 is 5.82 Å². The molecule has 0 amide bonds. The van der Waals surface area contributed by atoms with E-state index >= 15 is 0 Å². The first-order chi connectivity index (χ1) is 12.6. The number of hydrogen-bond donors (Lipinski definition) is 1. The lowest BCUT2D eigenvalue weighted by Crippen LogP contribution is -1.88. The van der Waals surface area contributed by atoms with Crippen LogP contribution >= 0.6 is 27.5 Å². The molecule has 1 heterocycles. The van der Waals surface area contributed by atoms with E-state index in [0.717, 1.165) is 27.0 Å². The van der Waals surface area contributed by atoms with Gasteiger partial charge in [-0.1, -0.05) is 76.1 Å². The lowest BCUT2D eigenvalue weighted by Gasteiger charge is -2.03. The van der Waals surface area contributed by atoms with E-state index in [-0.39, 0.29) is 5.56 Å². The van der Waals surface area contributed by atoms with Gasteiger partial charge in [0.2, 0.25) is 0 Å². The standard InChI is InChI=1S/C21H13BrClFN2/c22-15-11-9-14(10-12-15)20-19(13-5-2-1-3-6-13)25-21(26-20)18-16(23)7-4-8-17(18)24/h1-12H,(H,25,26). The summed E-state index contributed by atoms with van der Waals surface area (Å²) in [7, 11) is 0. The van der Waals surface area contributed by atoms with Crippen molar-refractivity contribution in [2.45, 2.75) is 0 Å². The number of halogens is 3. The van der Waals surface area contributed by atoms with Crippen molar-refractivity contribution in [1.82, 2.24) is 9.97 Å². The number of nitrogens with zero attached hydrogens (tertiary/aromatic N) is 1. The molecule has 0 aliphatic heterocycles. The quantitative estimate of drug-likeness (QED) is 0.376. The van der Waals surface area contributed by atoms with E-state index in [0.29, 0.717) is 10.8 Å². The predicted octanol–water partition coefficient (Wildman–Crippen LogP) is 6.97. The molecule has 0 atom stereocenters. The van der Waals surface area contributed by atoms with E-state index in [1.54, 1.807) is 12.1 Å². The summed E-state index contributed by atoms with van der Waals surface area (Å²) < 4.78 is 15.4. The van der Waals surface area contributed by atoms with Crippen LogP contribution in [0.15, 0.2) is 77.3 Å². The Hall–Kier alpha value is -2.43. The maximum absolute atomic E-state index is 14.4. The summed E-state index contributed by atoms with van der Waals surface area (Å²) in [5.41, 5.74) is 3.74. The minimum atomic E-state index is -0.409. The number of benzene rings is 3. The summed E-state index contributed by atoms with van der Waals surface area (Å²) in [5, 5.41) is 0.320. The van der Waals surface area contributed by atoms with Gasteiger partial charge in [-0.25, -0.2) is 9.37 Å². The molecule has 0 saturated heterocycles. The van der Waals surface area contributed by atoms with Crippen LogP contribution < -0.4 is 0 Å². The smallest absolute Gasteiger partial charge is 0.143 e. The zero-order valence-corrected chi connectivity index (χ0v) is 15.9. The topological polar surface area (TPSA) is 28.7 Å². The van der Waals surface area contributed by atoms with Gasteiger partial charge in [0.1, 0.15) is 11.6 Å². The summed E-state index contributed by atoms with van der Waals surface area (Å²) in [6.45, 7) is 0. The number of aromatic amines is 1. The Morgan fingerprint density at radius 2 is 1.58 bits per heavy atom. The van der Waals surface area contributed by atoms with Crippen molar-refractivity contribution in [2.75, 3.05) is 0 Å². The molecule has 1 aromatic heterocycles. The SMILES string of the molecule is Fc1cccc(Cl)c1-c1nc(-c2ccccc2)c(-c2ccc(Br)cc2)[nH]1. The zero-order chi connectivity index (χ0) is 18.1. The third kappa shape index (κ3) is 3.18. The molecule has 0 unspecified atom stereocenters. The summed E-state index contributed by atoms with van der Waals surface area (Å²) in [6, 6.07) is 22.3. The van der Waals surface area contributed by atoms with Crippen LogP contribution in [-0.4, -0.2) is 9.97 Å². The molecule has 0 radical (unpaired) electrons. The number of hydrogen-bond acceptors (Lipinski definition) is 1. The second-order valence-electron chi connectivity index (χ2n) is 5.78. The Morgan fingerprint density at radius 1 is 0.846 bits per heavy atom. The predicted molar refractivity (Wildman–Crippen MR) is 108 cm³/mol. The lowest BCUT2D eigenvalue weighted by molar-refractivity contribution is 0.630. The molecular formula is C21H13BrClFN2. The van der Waals surface area contributed by atoms with Crippen LogP contribution in [0.1, 0.15) is 0 Å². The molecule has 2 nitrogen and oxygen atoms in total. The van der Waals surface area contributed by atoms with Gasteiger partial charge in [-0.3, -0.25) is 0 Å². The fourth-order valence-electron chi connectivity index (χ4n) is 2.85. The largest absolute Gasteiger partial charge is 0.337 e. The van der Waals surface area contributed by atoms with Crippen molar-refractivity contribution >= 4 is 27.5 Å². The van der Waals surface area contributed by atoms with Gasteiger partial charge in [-0.15, -0.1) is 0 Å². The summed E-state index contributed by atoms with van der Waals surface area (Å²) in [4.78, 5) is 7.94. The first-order valence-electron chi connectivity index (χ1n) is 7.99. The molecule has 1 N–H and O–H groups in total. The van der Waals surface area contributed by atoms with Crippen LogP contribution in [0.25, 0.3) is 33.9 Å². The van der Waals surface area contributed by atoms with E-state index in [2.05, 4.69) is 25.9 Å². The Labute approximate surface area is 163 Å². The fourth-order valence-corrected chi connectivity index (χ4v) is 3.36. The van der Waals surface area contributed by atoms with Crippen LogP contribution in [0.2, 0.25) is 5.02 Å². The van der Waals surface area contributed by atoms with Crippen LogP contribution in [0.5, 0.6) is 0 Å². The van der Waals surface area contributed by atoms with Crippen LogP contribution in [-0.2, 0) is 0 Å². The summed E-state index contributed by atoms with van der Waals surface area (Å²) in [5.74, 6) is -0.00177. The summed E-state index contributed by atoms with van der Waals surface area (Å²) in [6.07, 6.45) is 0. The molecule has 26 heavy (non-hydrogen) atoms. The van der Waals surface area contributed by atoms with Crippen molar-refractivity contribution in [3.05, 3.63) is 88.1 Å². The molecule has 0 fully saturated rings. The molecule has 0 aliphatic carbocycles. The average molecular weight is 428 g/mol. The number of aromatic nitrogens is 2. The summed E-state index contributed by atoms with van der Waals surface area (Å²) >= 11 is 9.68. The number of imidazole rings is 1. The van der Waals surface area contributed by atoms with Gasteiger partial charge in [-0.05, 0) is 24.3 Å². The molecule has 4 rings (SSSR count). The third-order valence-corrected chi connectivity index (χ3v) is 4.93. The molecule has 5 heteroatoms. The van der Waals surface area contributed by atoms with Crippen molar-refractivity contribution in [3.8, 4) is 33.9 Å². The first kappa shape index (κ1) is 17.0. The van der Waals surface area contributed by atoms with Gasteiger partial charge in [0.15, 0.2) is 0 Å². The minimum absolute atomic E-state index is 0.273. The van der Waals surface area contributed by atoms with Crippen molar-refractivity contribution in [3.63, 3.8) is 0 Å². The van der Waals surface area contributed by atoms with Crippen molar-refractivity contribution < 1.29 is 4.39 Å². The van der Waals surface area contributed by atoms with Crippen molar-refractivity contribution in [1.29, 1.82) is 0 Å². The Balaban J connectivity index is 1.95. The zero-order valence-electron chi connectivity index (χ0n) is 13.5. The third-order valence-electron chi connectivity index (χ3n) is 4.08. The molecule has 0 spiro atoms. The minimum Gasteiger partial charge on any atom is -0.337 e. The fraction of sp³-hybridized carbons (Fsp3) is 0. The van der Waals surface area contributed by atoms with E-state index in [4.69, 9.17) is 11.6 Å². The molecule has 0 bridgehead atoms. The monoisotopic (exact) mass is 426 g/mol. The Kier molecular flexibility index (Phi) is 4.62. The lowest BCUT2D eigenvalue weighted by atomic mass is 10.1. The maximum atomic E-state index is 14.4. The van der Waals surface area contributed by atoms with Gasteiger partial charge in [-0.2, -0.15) is 0 Å². The first-order valence-corrected chi connectivity index (χ1v) is 9.16. The van der Waals surface area contributed by atoms with Crippen LogP contribution in [0.4, 0.5) is 4.39 Å². The second kappa shape index (κ2) is 7.06. The number of H-pyrrole nitrogens is 1. The molecule has 128 valence electrons. The molecule has 3 aromatic carbocycles. The maximum Gasteiger partial charge on any atom is 0.143 e. The molecule has 0 saturated carbocycles.